The zero-order valence-corrected chi connectivity index (χ0v) is 15.9. The molecule has 0 aromatic heterocycles. The molecule has 142 valence electrons. The minimum Gasteiger partial charge on any atom is -0.481 e. The lowest BCUT2D eigenvalue weighted by Crippen LogP contribution is -2.48. The summed E-state index contributed by atoms with van der Waals surface area (Å²) in [7, 11) is 0. The fourth-order valence-electron chi connectivity index (χ4n) is 3.84. The van der Waals surface area contributed by atoms with Crippen molar-refractivity contribution in [3.8, 4) is 5.75 Å². The number of benzene rings is 1. The third-order valence-electron chi connectivity index (χ3n) is 5.66. The van der Waals surface area contributed by atoms with Crippen LogP contribution < -0.4 is 4.74 Å². The number of rotatable bonds is 4. The fourth-order valence-corrected chi connectivity index (χ4v) is 3.84. The number of carbonyl (C=O) groups is 2. The first-order valence-electron chi connectivity index (χ1n) is 9.84. The molecule has 1 atom stereocenters. The van der Waals surface area contributed by atoms with Gasteiger partial charge >= 0.3 is 0 Å². The lowest BCUT2D eigenvalue weighted by Gasteiger charge is -2.37. The van der Waals surface area contributed by atoms with Crippen LogP contribution in [0.1, 0.15) is 39.5 Å². The summed E-state index contributed by atoms with van der Waals surface area (Å²) in [6.45, 7) is 7.11. The molecule has 0 spiro atoms. The van der Waals surface area contributed by atoms with E-state index in [1.54, 1.807) is 6.92 Å². The summed E-state index contributed by atoms with van der Waals surface area (Å²) in [4.78, 5) is 29.2. The van der Waals surface area contributed by atoms with Gasteiger partial charge in [-0.05, 0) is 50.7 Å². The van der Waals surface area contributed by atoms with E-state index in [9.17, 15) is 9.59 Å². The number of ether oxygens (including phenoxy) is 1. The second-order valence-electron chi connectivity index (χ2n) is 7.68. The summed E-state index contributed by atoms with van der Waals surface area (Å²) in [5, 5.41) is 0. The Morgan fingerprint density at radius 2 is 1.54 bits per heavy atom. The Morgan fingerprint density at radius 1 is 0.962 bits per heavy atom. The number of hydrogen-bond acceptors (Lipinski definition) is 3. The van der Waals surface area contributed by atoms with Gasteiger partial charge in [0.25, 0.3) is 5.91 Å². The Labute approximate surface area is 156 Å². The zero-order valence-electron chi connectivity index (χ0n) is 15.9. The van der Waals surface area contributed by atoms with Crippen molar-refractivity contribution in [1.82, 2.24) is 9.80 Å². The number of amides is 2. The molecule has 2 fully saturated rings. The van der Waals surface area contributed by atoms with Gasteiger partial charge < -0.3 is 14.5 Å². The lowest BCUT2D eigenvalue weighted by atomic mass is 9.92. The lowest BCUT2D eigenvalue weighted by molar-refractivity contribution is -0.144. The molecule has 0 saturated carbocycles. The summed E-state index contributed by atoms with van der Waals surface area (Å²) < 4.78 is 5.74. The zero-order chi connectivity index (χ0) is 18.5. The number of hydrogen-bond donors (Lipinski definition) is 0. The van der Waals surface area contributed by atoms with Gasteiger partial charge in [0.15, 0.2) is 6.10 Å². The predicted molar refractivity (Wildman–Crippen MR) is 101 cm³/mol. The number of carbonyl (C=O) groups excluding carboxylic acids is 2. The molecular formula is C21H30N2O3. The SMILES string of the molecule is CC1CCN(C(=O)C2CCN(C(=O)C(C)Oc3ccccc3)CC2)CC1. The van der Waals surface area contributed by atoms with E-state index in [0.717, 1.165) is 44.7 Å². The van der Waals surface area contributed by atoms with Gasteiger partial charge in [0.05, 0.1) is 0 Å². The van der Waals surface area contributed by atoms with Gasteiger partial charge in [0, 0.05) is 32.1 Å². The highest BCUT2D eigenvalue weighted by molar-refractivity contribution is 5.82. The Bertz CT molecular complexity index is 603. The Balaban J connectivity index is 1.47. The van der Waals surface area contributed by atoms with Crippen LogP contribution in [0.15, 0.2) is 30.3 Å². The number of piperidine rings is 2. The maximum absolute atomic E-state index is 12.7. The van der Waals surface area contributed by atoms with Crippen molar-refractivity contribution in [2.45, 2.75) is 45.6 Å². The van der Waals surface area contributed by atoms with E-state index in [2.05, 4.69) is 6.92 Å². The van der Waals surface area contributed by atoms with Crippen molar-refractivity contribution >= 4 is 11.8 Å². The van der Waals surface area contributed by atoms with Crippen LogP contribution in [0, 0.1) is 11.8 Å². The molecule has 26 heavy (non-hydrogen) atoms. The second-order valence-corrected chi connectivity index (χ2v) is 7.68. The number of para-hydroxylation sites is 1. The Kier molecular flexibility index (Phi) is 6.17. The molecule has 5 heteroatoms. The van der Waals surface area contributed by atoms with E-state index in [1.807, 2.05) is 40.1 Å². The maximum Gasteiger partial charge on any atom is 0.263 e. The molecule has 2 heterocycles. The molecule has 1 unspecified atom stereocenters. The molecule has 3 rings (SSSR count). The minimum atomic E-state index is -0.506. The summed E-state index contributed by atoms with van der Waals surface area (Å²) in [5.74, 6) is 1.80. The quantitative estimate of drug-likeness (QED) is 0.831. The summed E-state index contributed by atoms with van der Waals surface area (Å²) in [6.07, 6.45) is 3.23. The molecular weight excluding hydrogens is 328 g/mol. The van der Waals surface area contributed by atoms with E-state index in [4.69, 9.17) is 4.74 Å². The van der Waals surface area contributed by atoms with Crippen LogP contribution in [-0.4, -0.2) is 53.9 Å². The molecule has 5 nitrogen and oxygen atoms in total. The third-order valence-corrected chi connectivity index (χ3v) is 5.66. The van der Waals surface area contributed by atoms with Crippen molar-refractivity contribution < 1.29 is 14.3 Å². The van der Waals surface area contributed by atoms with Gasteiger partial charge in [0.2, 0.25) is 5.91 Å². The molecule has 0 N–H and O–H groups in total. The first-order valence-corrected chi connectivity index (χ1v) is 9.84. The standard InChI is InChI=1S/C21H30N2O3/c1-16-8-12-23(13-9-16)21(25)18-10-14-22(15-11-18)20(24)17(2)26-19-6-4-3-5-7-19/h3-7,16-18H,8-15H2,1-2H3. The molecule has 2 saturated heterocycles. The van der Waals surface area contributed by atoms with E-state index in [-0.39, 0.29) is 17.7 Å². The minimum absolute atomic E-state index is 0.00606. The number of likely N-dealkylation sites (tertiary alicyclic amines) is 2. The Morgan fingerprint density at radius 3 is 2.15 bits per heavy atom. The average molecular weight is 358 g/mol. The maximum atomic E-state index is 12.7. The molecule has 1 aromatic rings. The highest BCUT2D eigenvalue weighted by Crippen LogP contribution is 2.24. The normalized spacial score (nSPS) is 20.7. The number of nitrogens with zero attached hydrogens (tertiary/aromatic N) is 2. The van der Waals surface area contributed by atoms with Gasteiger partial charge in [-0.2, -0.15) is 0 Å². The van der Waals surface area contributed by atoms with Crippen molar-refractivity contribution in [3.63, 3.8) is 0 Å². The van der Waals surface area contributed by atoms with E-state index < -0.39 is 6.10 Å². The molecule has 0 radical (unpaired) electrons. The predicted octanol–water partition coefficient (Wildman–Crippen LogP) is 2.95. The van der Waals surface area contributed by atoms with Gasteiger partial charge in [-0.25, -0.2) is 0 Å². The summed E-state index contributed by atoms with van der Waals surface area (Å²) in [5.41, 5.74) is 0. The van der Waals surface area contributed by atoms with Crippen LogP contribution >= 0.6 is 0 Å². The average Bonchev–Trinajstić information content (AvgIpc) is 2.68. The fraction of sp³-hybridized carbons (Fsp3) is 0.619. The summed E-state index contributed by atoms with van der Waals surface area (Å²) in [6, 6.07) is 9.42. The second kappa shape index (κ2) is 8.56. The van der Waals surface area contributed by atoms with Crippen molar-refractivity contribution in [2.24, 2.45) is 11.8 Å². The molecule has 2 amide bonds. The van der Waals surface area contributed by atoms with Crippen molar-refractivity contribution in [2.75, 3.05) is 26.2 Å². The third kappa shape index (κ3) is 4.57. The van der Waals surface area contributed by atoms with Crippen molar-refractivity contribution in [3.05, 3.63) is 30.3 Å². The van der Waals surface area contributed by atoms with Crippen LogP contribution in [0.2, 0.25) is 0 Å². The monoisotopic (exact) mass is 358 g/mol. The van der Waals surface area contributed by atoms with Gasteiger partial charge in [-0.1, -0.05) is 25.1 Å². The van der Waals surface area contributed by atoms with Crippen LogP contribution in [0.4, 0.5) is 0 Å². The van der Waals surface area contributed by atoms with Gasteiger partial charge in [-0.15, -0.1) is 0 Å². The van der Waals surface area contributed by atoms with Crippen LogP contribution in [0.25, 0.3) is 0 Å². The van der Waals surface area contributed by atoms with Crippen molar-refractivity contribution in [1.29, 1.82) is 0 Å². The van der Waals surface area contributed by atoms with Gasteiger partial charge in [-0.3, -0.25) is 9.59 Å². The van der Waals surface area contributed by atoms with Crippen LogP contribution in [0.3, 0.4) is 0 Å². The van der Waals surface area contributed by atoms with E-state index >= 15 is 0 Å². The molecule has 1 aromatic carbocycles. The highest BCUT2D eigenvalue weighted by Gasteiger charge is 2.33. The van der Waals surface area contributed by atoms with E-state index in [0.29, 0.717) is 18.8 Å². The summed E-state index contributed by atoms with van der Waals surface area (Å²) >= 11 is 0. The smallest absolute Gasteiger partial charge is 0.263 e. The first-order chi connectivity index (χ1) is 12.5. The molecule has 0 bridgehead atoms. The largest absolute Gasteiger partial charge is 0.481 e. The van der Waals surface area contributed by atoms with Gasteiger partial charge in [0.1, 0.15) is 5.75 Å². The topological polar surface area (TPSA) is 49.9 Å². The first kappa shape index (κ1) is 18.7. The Hall–Kier alpha value is -2.04. The highest BCUT2D eigenvalue weighted by atomic mass is 16.5. The van der Waals surface area contributed by atoms with E-state index in [1.165, 1.54) is 0 Å². The van der Waals surface area contributed by atoms with Crippen LogP contribution in [0.5, 0.6) is 5.75 Å². The molecule has 2 aliphatic rings. The molecule has 2 aliphatic heterocycles. The molecule has 0 aliphatic carbocycles. The van der Waals surface area contributed by atoms with Crippen LogP contribution in [-0.2, 0) is 9.59 Å².